The Morgan fingerprint density at radius 1 is 1.50 bits per heavy atom. The minimum Gasteiger partial charge on any atom is -0.350 e. The van der Waals surface area contributed by atoms with Gasteiger partial charge in [-0.2, -0.15) is 0 Å². The molecule has 1 saturated carbocycles. The van der Waals surface area contributed by atoms with Crippen LogP contribution in [0, 0.1) is 5.92 Å². The second-order valence-electron chi connectivity index (χ2n) is 5.14. The van der Waals surface area contributed by atoms with Crippen LogP contribution in [0.2, 0.25) is 0 Å². The number of hydrogen-bond donors (Lipinski definition) is 1. The normalized spacial score (nSPS) is 16.8. The summed E-state index contributed by atoms with van der Waals surface area (Å²) in [6.07, 6.45) is 3.42. The maximum Gasteiger partial charge on any atom is 0.262 e. The molecule has 0 spiro atoms. The molecule has 7 heteroatoms. The maximum atomic E-state index is 12.1. The highest BCUT2D eigenvalue weighted by Crippen LogP contribution is 2.33. The van der Waals surface area contributed by atoms with Crippen molar-refractivity contribution in [3.05, 3.63) is 28.2 Å². The topological polar surface area (TPSA) is 63.2 Å². The van der Waals surface area contributed by atoms with Gasteiger partial charge in [0.2, 0.25) is 0 Å². The van der Waals surface area contributed by atoms with Crippen LogP contribution in [-0.4, -0.2) is 20.4 Å². The summed E-state index contributed by atoms with van der Waals surface area (Å²) < 4.78 is 23.2. The number of nitrogens with one attached hydrogen (secondary N) is 1. The molecule has 0 aliphatic heterocycles. The van der Waals surface area contributed by atoms with Crippen LogP contribution in [-0.2, 0) is 9.05 Å². The Balaban J connectivity index is 2.13. The Hall–Kier alpha value is -0.590. The molecule has 0 radical (unpaired) electrons. The molecule has 1 aliphatic carbocycles. The molecule has 0 heterocycles. The van der Waals surface area contributed by atoms with E-state index in [0.717, 1.165) is 6.42 Å². The van der Waals surface area contributed by atoms with E-state index >= 15 is 0 Å². The molecule has 1 atom stereocenters. The van der Waals surface area contributed by atoms with E-state index < -0.39 is 9.05 Å². The first kappa shape index (κ1) is 15.8. The van der Waals surface area contributed by atoms with E-state index in [4.69, 9.17) is 10.7 Å². The molecule has 2 rings (SSSR count). The van der Waals surface area contributed by atoms with Gasteiger partial charge in [0.25, 0.3) is 15.0 Å². The first-order chi connectivity index (χ1) is 9.27. The van der Waals surface area contributed by atoms with Gasteiger partial charge in [-0.15, -0.1) is 0 Å². The molecule has 1 fully saturated rings. The van der Waals surface area contributed by atoms with Crippen molar-refractivity contribution in [2.75, 3.05) is 0 Å². The Labute approximate surface area is 131 Å². The average Bonchev–Trinajstić information content (AvgIpc) is 3.11. The van der Waals surface area contributed by atoms with Gasteiger partial charge in [-0.25, -0.2) is 8.42 Å². The lowest BCUT2D eigenvalue weighted by Crippen LogP contribution is -2.32. The largest absolute Gasteiger partial charge is 0.350 e. The molecule has 1 unspecified atom stereocenters. The van der Waals surface area contributed by atoms with Crippen LogP contribution in [0.15, 0.2) is 27.6 Å². The Morgan fingerprint density at radius 3 is 2.70 bits per heavy atom. The minimum atomic E-state index is -3.88. The first-order valence-corrected chi connectivity index (χ1v) is 9.42. The zero-order chi connectivity index (χ0) is 14.9. The van der Waals surface area contributed by atoms with Gasteiger partial charge in [-0.1, -0.05) is 12.8 Å². The number of carbonyl (C=O) groups is 1. The highest BCUT2D eigenvalue weighted by Gasteiger charge is 2.24. The van der Waals surface area contributed by atoms with Gasteiger partial charge in [0.15, 0.2) is 0 Å². The number of rotatable bonds is 5. The molecular formula is C13H15BrClNO3S. The van der Waals surface area contributed by atoms with Gasteiger partial charge in [0, 0.05) is 26.8 Å². The Kier molecular flexibility index (Phi) is 4.76. The van der Waals surface area contributed by atoms with Gasteiger partial charge in [-0.05, 0) is 53.4 Å². The van der Waals surface area contributed by atoms with Crippen molar-refractivity contribution in [1.29, 1.82) is 0 Å². The molecule has 110 valence electrons. The summed E-state index contributed by atoms with van der Waals surface area (Å²) in [7, 11) is 1.45. The summed E-state index contributed by atoms with van der Waals surface area (Å²) in [5.74, 6) is 0.432. The predicted octanol–water partition coefficient (Wildman–Crippen LogP) is 3.30. The fourth-order valence-corrected chi connectivity index (χ4v) is 4.17. The van der Waals surface area contributed by atoms with Gasteiger partial charge in [0.1, 0.15) is 0 Å². The lowest BCUT2D eigenvalue weighted by molar-refractivity contribution is 0.0937. The van der Waals surface area contributed by atoms with E-state index in [2.05, 4.69) is 21.2 Å². The molecule has 1 amide bonds. The summed E-state index contributed by atoms with van der Waals surface area (Å²) in [6.45, 7) is 1.95. The molecule has 0 aromatic heterocycles. The van der Waals surface area contributed by atoms with E-state index in [-0.39, 0.29) is 22.4 Å². The molecular weight excluding hydrogens is 366 g/mol. The summed E-state index contributed by atoms with van der Waals surface area (Å²) in [5.41, 5.74) is 0.287. The van der Waals surface area contributed by atoms with Crippen LogP contribution < -0.4 is 5.32 Å². The van der Waals surface area contributed by atoms with Gasteiger partial charge in [-0.3, -0.25) is 4.79 Å². The van der Waals surface area contributed by atoms with Crippen molar-refractivity contribution in [3.8, 4) is 0 Å². The smallest absolute Gasteiger partial charge is 0.262 e. The quantitative estimate of drug-likeness (QED) is 0.797. The van der Waals surface area contributed by atoms with Crippen molar-refractivity contribution in [1.82, 2.24) is 5.32 Å². The number of carbonyl (C=O) groups excluding carboxylic acids is 1. The predicted molar refractivity (Wildman–Crippen MR) is 81.5 cm³/mol. The number of hydrogen-bond acceptors (Lipinski definition) is 3. The highest BCUT2D eigenvalue weighted by molar-refractivity contribution is 9.10. The SMILES string of the molecule is CC(CC1CC1)NC(=O)c1ccc(Br)c(S(=O)(=O)Cl)c1. The lowest BCUT2D eigenvalue weighted by Gasteiger charge is -2.13. The summed E-state index contributed by atoms with van der Waals surface area (Å²) in [6, 6.07) is 4.44. The second kappa shape index (κ2) is 6.03. The number of benzene rings is 1. The van der Waals surface area contributed by atoms with Crippen molar-refractivity contribution in [2.24, 2.45) is 5.92 Å². The second-order valence-corrected chi connectivity index (χ2v) is 8.53. The molecule has 1 N–H and O–H groups in total. The highest BCUT2D eigenvalue weighted by atomic mass is 79.9. The van der Waals surface area contributed by atoms with Crippen LogP contribution in [0.25, 0.3) is 0 Å². The minimum absolute atomic E-state index is 0.0784. The molecule has 1 aliphatic rings. The van der Waals surface area contributed by atoms with Crippen molar-refractivity contribution < 1.29 is 13.2 Å². The first-order valence-electron chi connectivity index (χ1n) is 6.32. The molecule has 0 saturated heterocycles. The van der Waals surface area contributed by atoms with Gasteiger partial charge >= 0.3 is 0 Å². The van der Waals surface area contributed by atoms with E-state index in [0.29, 0.717) is 10.4 Å². The van der Waals surface area contributed by atoms with E-state index in [1.165, 1.54) is 25.0 Å². The van der Waals surface area contributed by atoms with Crippen molar-refractivity contribution in [2.45, 2.75) is 37.1 Å². The molecule has 0 bridgehead atoms. The third-order valence-corrected chi connectivity index (χ3v) is 5.53. The maximum absolute atomic E-state index is 12.1. The van der Waals surface area contributed by atoms with E-state index in [1.807, 2.05) is 6.92 Å². The van der Waals surface area contributed by atoms with Crippen molar-refractivity contribution >= 4 is 41.6 Å². The zero-order valence-electron chi connectivity index (χ0n) is 10.9. The number of halogens is 2. The zero-order valence-corrected chi connectivity index (χ0v) is 14.1. The van der Waals surface area contributed by atoms with Crippen LogP contribution in [0.5, 0.6) is 0 Å². The lowest BCUT2D eigenvalue weighted by atomic mass is 10.1. The standard InChI is InChI=1S/C13H15BrClNO3S/c1-8(6-9-2-3-9)16-13(17)10-4-5-11(14)12(7-10)20(15,18)19/h4-5,7-9H,2-3,6H2,1H3,(H,16,17). The summed E-state index contributed by atoms with van der Waals surface area (Å²) in [5, 5.41) is 2.87. The monoisotopic (exact) mass is 379 g/mol. The van der Waals surface area contributed by atoms with E-state index in [9.17, 15) is 13.2 Å². The average molecular weight is 381 g/mol. The third-order valence-electron chi connectivity index (χ3n) is 3.22. The molecule has 1 aromatic rings. The van der Waals surface area contributed by atoms with E-state index in [1.54, 1.807) is 6.07 Å². The van der Waals surface area contributed by atoms with Crippen LogP contribution in [0.3, 0.4) is 0 Å². The third kappa shape index (κ3) is 4.20. The molecule has 20 heavy (non-hydrogen) atoms. The Morgan fingerprint density at radius 2 is 2.15 bits per heavy atom. The van der Waals surface area contributed by atoms with Gasteiger partial charge in [0.05, 0.1) is 4.90 Å². The Bertz CT molecular complexity index is 629. The molecule has 1 aromatic carbocycles. The number of amides is 1. The fraction of sp³-hybridized carbons (Fsp3) is 0.462. The summed E-state index contributed by atoms with van der Waals surface area (Å²) >= 11 is 3.11. The molecule has 4 nitrogen and oxygen atoms in total. The van der Waals surface area contributed by atoms with Crippen LogP contribution in [0.4, 0.5) is 0 Å². The fourth-order valence-electron chi connectivity index (χ4n) is 2.05. The van der Waals surface area contributed by atoms with Crippen LogP contribution >= 0.6 is 26.6 Å². The van der Waals surface area contributed by atoms with Crippen molar-refractivity contribution in [3.63, 3.8) is 0 Å². The van der Waals surface area contributed by atoms with Crippen LogP contribution in [0.1, 0.15) is 36.5 Å². The van der Waals surface area contributed by atoms with Gasteiger partial charge < -0.3 is 5.32 Å². The summed E-state index contributed by atoms with van der Waals surface area (Å²) in [4.78, 5) is 12.0.